The number of ether oxygens (including phenoxy) is 1. The number of rotatable bonds is 9. The second-order valence-corrected chi connectivity index (χ2v) is 7.33. The lowest BCUT2D eigenvalue weighted by atomic mass is 10.1. The standard InChI is InChI=1S/C27H27N3O3/c1-3-18-33-25-15-13-22(14-16-25)27(32)30-29-20(2)23-10-7-11-24(19-23)28-26(31)17-12-21-8-5-4-6-9-21/h4-17,19H,3,18H2,1-2H3,(H,28,31)(H,30,32)/b17-12+,29-20+. The van der Waals surface area contributed by atoms with Crippen molar-refractivity contribution in [1.29, 1.82) is 0 Å². The molecule has 0 spiro atoms. The van der Waals surface area contributed by atoms with Crippen molar-refractivity contribution in [3.8, 4) is 5.75 Å². The Morgan fingerprint density at radius 1 is 0.939 bits per heavy atom. The highest BCUT2D eigenvalue weighted by molar-refractivity contribution is 6.04. The zero-order valence-electron chi connectivity index (χ0n) is 18.7. The molecule has 6 heteroatoms. The number of hydrogen-bond acceptors (Lipinski definition) is 4. The third-order valence-corrected chi connectivity index (χ3v) is 4.69. The monoisotopic (exact) mass is 441 g/mol. The van der Waals surface area contributed by atoms with Gasteiger partial charge in [0, 0.05) is 17.3 Å². The fourth-order valence-corrected chi connectivity index (χ4v) is 2.93. The first kappa shape index (κ1) is 23.5. The quantitative estimate of drug-likeness (QED) is 0.269. The molecule has 0 bridgehead atoms. The molecule has 0 radical (unpaired) electrons. The van der Waals surface area contributed by atoms with Crippen LogP contribution < -0.4 is 15.5 Å². The number of carbonyl (C=O) groups excluding carboxylic acids is 2. The topological polar surface area (TPSA) is 79.8 Å². The van der Waals surface area contributed by atoms with Gasteiger partial charge in [0.15, 0.2) is 0 Å². The first-order valence-corrected chi connectivity index (χ1v) is 10.8. The number of benzene rings is 3. The number of nitrogens with zero attached hydrogens (tertiary/aromatic N) is 1. The molecule has 0 unspecified atom stereocenters. The van der Waals surface area contributed by atoms with E-state index in [-0.39, 0.29) is 11.8 Å². The van der Waals surface area contributed by atoms with Crippen LogP contribution in [0.5, 0.6) is 5.75 Å². The summed E-state index contributed by atoms with van der Waals surface area (Å²) < 4.78 is 5.53. The Morgan fingerprint density at radius 3 is 2.42 bits per heavy atom. The third-order valence-electron chi connectivity index (χ3n) is 4.69. The van der Waals surface area contributed by atoms with Gasteiger partial charge >= 0.3 is 0 Å². The largest absolute Gasteiger partial charge is 0.494 e. The predicted molar refractivity (Wildman–Crippen MR) is 132 cm³/mol. The summed E-state index contributed by atoms with van der Waals surface area (Å²) in [5.41, 5.74) is 6.04. The average Bonchev–Trinajstić information content (AvgIpc) is 2.85. The van der Waals surface area contributed by atoms with Gasteiger partial charge in [-0.1, -0.05) is 49.4 Å². The number of hydrazone groups is 1. The van der Waals surface area contributed by atoms with Crippen LogP contribution in [-0.4, -0.2) is 24.1 Å². The maximum absolute atomic E-state index is 12.4. The molecule has 0 aliphatic rings. The number of carbonyl (C=O) groups is 2. The highest BCUT2D eigenvalue weighted by Gasteiger charge is 2.06. The Balaban J connectivity index is 1.59. The van der Waals surface area contributed by atoms with E-state index in [2.05, 4.69) is 15.8 Å². The molecule has 168 valence electrons. The molecule has 3 aromatic carbocycles. The third kappa shape index (κ3) is 7.47. The van der Waals surface area contributed by atoms with E-state index in [0.717, 1.165) is 23.3 Å². The SMILES string of the molecule is CCCOc1ccc(C(=O)N/N=C(\C)c2cccc(NC(=O)/C=C/c3ccccc3)c2)cc1. The molecular formula is C27H27N3O3. The van der Waals surface area contributed by atoms with Crippen molar-refractivity contribution in [2.45, 2.75) is 20.3 Å². The maximum atomic E-state index is 12.4. The van der Waals surface area contributed by atoms with E-state index in [1.54, 1.807) is 49.4 Å². The molecule has 0 saturated carbocycles. The molecule has 0 heterocycles. The molecular weight excluding hydrogens is 414 g/mol. The molecule has 2 N–H and O–H groups in total. The molecule has 3 aromatic rings. The minimum atomic E-state index is -0.313. The molecule has 0 saturated heterocycles. The molecule has 0 aliphatic heterocycles. The zero-order valence-corrected chi connectivity index (χ0v) is 18.7. The van der Waals surface area contributed by atoms with E-state index in [1.807, 2.05) is 49.4 Å². The van der Waals surface area contributed by atoms with Crippen molar-refractivity contribution in [2.75, 3.05) is 11.9 Å². The highest BCUT2D eigenvalue weighted by Crippen LogP contribution is 2.14. The molecule has 3 rings (SSSR count). The van der Waals surface area contributed by atoms with Crippen LogP contribution in [-0.2, 0) is 4.79 Å². The summed E-state index contributed by atoms with van der Waals surface area (Å²) in [7, 11) is 0. The summed E-state index contributed by atoms with van der Waals surface area (Å²) in [5, 5.41) is 7.04. The van der Waals surface area contributed by atoms with Crippen molar-refractivity contribution in [2.24, 2.45) is 5.10 Å². The number of amides is 2. The van der Waals surface area contributed by atoms with Crippen LogP contribution in [0.3, 0.4) is 0 Å². The number of hydrogen-bond donors (Lipinski definition) is 2. The first-order chi connectivity index (χ1) is 16.0. The fourth-order valence-electron chi connectivity index (χ4n) is 2.93. The zero-order chi connectivity index (χ0) is 23.5. The lowest BCUT2D eigenvalue weighted by molar-refractivity contribution is -0.111. The Labute approximate surface area is 194 Å². The van der Waals surface area contributed by atoms with Crippen LogP contribution in [0.25, 0.3) is 6.08 Å². The number of nitrogens with one attached hydrogen (secondary N) is 2. The normalized spacial score (nSPS) is 11.3. The van der Waals surface area contributed by atoms with Gasteiger partial charge in [0.25, 0.3) is 5.91 Å². The summed E-state index contributed by atoms with van der Waals surface area (Å²) in [6.07, 6.45) is 4.16. The van der Waals surface area contributed by atoms with Gasteiger partial charge < -0.3 is 10.1 Å². The van der Waals surface area contributed by atoms with Crippen LogP contribution in [0, 0.1) is 0 Å². The second kappa shape index (κ2) is 12.0. The Kier molecular flexibility index (Phi) is 8.54. The van der Waals surface area contributed by atoms with Crippen LogP contribution in [0.4, 0.5) is 5.69 Å². The van der Waals surface area contributed by atoms with Crippen LogP contribution in [0.15, 0.2) is 90.0 Å². The smallest absolute Gasteiger partial charge is 0.271 e. The van der Waals surface area contributed by atoms with E-state index in [9.17, 15) is 9.59 Å². The van der Waals surface area contributed by atoms with Crippen molar-refractivity contribution >= 4 is 29.3 Å². The van der Waals surface area contributed by atoms with Gasteiger partial charge in [-0.15, -0.1) is 0 Å². The Bertz CT molecular complexity index is 1140. The van der Waals surface area contributed by atoms with Crippen molar-refractivity contribution in [3.63, 3.8) is 0 Å². The predicted octanol–water partition coefficient (Wildman–Crippen LogP) is 5.28. The van der Waals surface area contributed by atoms with Gasteiger partial charge in [-0.05, 0) is 66.9 Å². The van der Waals surface area contributed by atoms with Crippen molar-refractivity contribution < 1.29 is 14.3 Å². The summed E-state index contributed by atoms with van der Waals surface area (Å²) in [6, 6.07) is 23.8. The lowest BCUT2D eigenvalue weighted by Crippen LogP contribution is -2.19. The van der Waals surface area contributed by atoms with Gasteiger partial charge in [-0.3, -0.25) is 9.59 Å². The van der Waals surface area contributed by atoms with Crippen molar-refractivity contribution in [1.82, 2.24) is 5.43 Å². The van der Waals surface area contributed by atoms with Gasteiger partial charge in [-0.25, -0.2) is 5.43 Å². The molecule has 0 aliphatic carbocycles. The van der Waals surface area contributed by atoms with Crippen molar-refractivity contribution in [3.05, 3.63) is 102 Å². The summed E-state index contributed by atoms with van der Waals surface area (Å²) >= 11 is 0. The van der Waals surface area contributed by atoms with E-state index in [4.69, 9.17) is 4.74 Å². The van der Waals surface area contributed by atoms with Crippen LogP contribution in [0.2, 0.25) is 0 Å². The Morgan fingerprint density at radius 2 is 1.70 bits per heavy atom. The molecule has 6 nitrogen and oxygen atoms in total. The maximum Gasteiger partial charge on any atom is 0.271 e. The van der Waals surface area contributed by atoms with Gasteiger partial charge in [0.2, 0.25) is 5.91 Å². The van der Waals surface area contributed by atoms with Gasteiger partial charge in [0.1, 0.15) is 5.75 Å². The molecule has 0 fully saturated rings. The number of anilines is 1. The average molecular weight is 442 g/mol. The molecule has 2 amide bonds. The van der Waals surface area contributed by atoms with Crippen LogP contribution >= 0.6 is 0 Å². The van der Waals surface area contributed by atoms with E-state index in [1.165, 1.54) is 6.08 Å². The highest BCUT2D eigenvalue weighted by atomic mass is 16.5. The molecule has 33 heavy (non-hydrogen) atoms. The summed E-state index contributed by atoms with van der Waals surface area (Å²) in [5.74, 6) is 0.183. The molecule has 0 atom stereocenters. The summed E-state index contributed by atoms with van der Waals surface area (Å²) in [4.78, 5) is 24.6. The lowest BCUT2D eigenvalue weighted by Gasteiger charge is -2.07. The minimum Gasteiger partial charge on any atom is -0.494 e. The first-order valence-electron chi connectivity index (χ1n) is 10.8. The Hall–Kier alpha value is -4.19. The van der Waals surface area contributed by atoms with Crippen LogP contribution in [0.1, 0.15) is 41.8 Å². The van der Waals surface area contributed by atoms with E-state index in [0.29, 0.717) is 23.6 Å². The minimum absolute atomic E-state index is 0.231. The van der Waals surface area contributed by atoms with E-state index >= 15 is 0 Å². The summed E-state index contributed by atoms with van der Waals surface area (Å²) in [6.45, 7) is 4.46. The fraction of sp³-hybridized carbons (Fsp3) is 0.148. The second-order valence-electron chi connectivity index (χ2n) is 7.33. The molecule has 0 aromatic heterocycles. The van der Waals surface area contributed by atoms with Gasteiger partial charge in [0.05, 0.1) is 12.3 Å². The van der Waals surface area contributed by atoms with E-state index < -0.39 is 0 Å². The van der Waals surface area contributed by atoms with Gasteiger partial charge in [-0.2, -0.15) is 5.10 Å².